The third kappa shape index (κ3) is 1.74. The van der Waals surface area contributed by atoms with Crippen LogP contribution in [-0.4, -0.2) is 17.0 Å². The average molecular weight is 302 g/mol. The summed E-state index contributed by atoms with van der Waals surface area (Å²) in [5.74, 6) is 2.73. The highest BCUT2D eigenvalue weighted by Crippen LogP contribution is 2.64. The third-order valence-corrected chi connectivity index (χ3v) is 8.17. The Bertz CT molecular complexity index is 536. The number of hydrogen-bond donors (Lipinski definition) is 1. The van der Waals surface area contributed by atoms with Gasteiger partial charge in [0.1, 0.15) is 5.78 Å². The highest BCUT2D eigenvalue weighted by Gasteiger charge is 2.62. The molecule has 4 rings (SSSR count). The second-order valence-corrected chi connectivity index (χ2v) is 9.10. The maximum atomic E-state index is 12.4. The summed E-state index contributed by atoms with van der Waals surface area (Å²) >= 11 is 0. The predicted octanol–water partition coefficient (Wildman–Crippen LogP) is 4.13. The highest BCUT2D eigenvalue weighted by atomic mass is 16.3. The molecule has 1 N–H and O–H groups in total. The second kappa shape index (κ2) is 4.69. The standard InChI is InChI=1S/C20H30O2/c1-12-8-9-19(2)13(10-12)4-5-14-15-6-7-17(21)20(15,3)18(22)11-16(14)19/h4,12,14-16,18,22H,5-11H2,1-3H3/t12-,14-,15-,16-,18+,19-,20-/m0/s1. The van der Waals surface area contributed by atoms with Crippen LogP contribution in [0.5, 0.6) is 0 Å². The summed E-state index contributed by atoms with van der Waals surface area (Å²) in [5.41, 5.74) is 1.49. The van der Waals surface area contributed by atoms with Gasteiger partial charge in [-0.3, -0.25) is 4.79 Å². The van der Waals surface area contributed by atoms with E-state index in [-0.39, 0.29) is 5.41 Å². The Morgan fingerprint density at radius 3 is 2.77 bits per heavy atom. The molecule has 0 aromatic heterocycles. The molecular weight excluding hydrogens is 272 g/mol. The predicted molar refractivity (Wildman–Crippen MR) is 87.3 cm³/mol. The summed E-state index contributed by atoms with van der Waals surface area (Å²) in [6.45, 7) is 6.88. The Labute approximate surface area is 134 Å². The number of hydrogen-bond acceptors (Lipinski definition) is 2. The van der Waals surface area contributed by atoms with Gasteiger partial charge in [0.25, 0.3) is 0 Å². The van der Waals surface area contributed by atoms with Crippen molar-refractivity contribution in [1.82, 2.24) is 0 Å². The maximum absolute atomic E-state index is 12.4. The molecule has 7 atom stereocenters. The number of aliphatic hydroxyl groups is 1. The van der Waals surface area contributed by atoms with Crippen LogP contribution in [0.4, 0.5) is 0 Å². The van der Waals surface area contributed by atoms with Crippen LogP contribution < -0.4 is 0 Å². The molecule has 0 spiro atoms. The molecule has 0 unspecified atom stereocenters. The molecule has 0 aromatic rings. The van der Waals surface area contributed by atoms with Gasteiger partial charge in [0.2, 0.25) is 0 Å². The van der Waals surface area contributed by atoms with Crippen LogP contribution in [0.3, 0.4) is 0 Å². The molecule has 0 aliphatic heterocycles. The fraction of sp³-hybridized carbons (Fsp3) is 0.850. The van der Waals surface area contributed by atoms with Crippen molar-refractivity contribution in [3.05, 3.63) is 11.6 Å². The number of ketones is 1. The lowest BCUT2D eigenvalue weighted by Gasteiger charge is -2.58. The van der Waals surface area contributed by atoms with Crippen LogP contribution in [0, 0.1) is 34.5 Å². The topological polar surface area (TPSA) is 37.3 Å². The summed E-state index contributed by atoms with van der Waals surface area (Å²) in [6, 6.07) is 0. The van der Waals surface area contributed by atoms with E-state index in [1.54, 1.807) is 5.57 Å². The summed E-state index contributed by atoms with van der Waals surface area (Å²) < 4.78 is 0. The lowest BCUT2D eigenvalue weighted by atomic mass is 9.47. The molecule has 122 valence electrons. The molecule has 3 fully saturated rings. The smallest absolute Gasteiger partial charge is 0.141 e. The van der Waals surface area contributed by atoms with Crippen molar-refractivity contribution < 1.29 is 9.90 Å². The van der Waals surface area contributed by atoms with E-state index in [0.29, 0.717) is 30.0 Å². The van der Waals surface area contributed by atoms with Gasteiger partial charge < -0.3 is 5.11 Å². The summed E-state index contributed by atoms with van der Waals surface area (Å²) in [4.78, 5) is 12.4. The van der Waals surface area contributed by atoms with Crippen LogP contribution in [-0.2, 0) is 4.79 Å². The van der Waals surface area contributed by atoms with E-state index in [0.717, 1.165) is 25.2 Å². The van der Waals surface area contributed by atoms with Crippen LogP contribution >= 0.6 is 0 Å². The van der Waals surface area contributed by atoms with Crippen molar-refractivity contribution >= 4 is 5.78 Å². The van der Waals surface area contributed by atoms with E-state index in [2.05, 4.69) is 26.8 Å². The van der Waals surface area contributed by atoms with Gasteiger partial charge in [0.05, 0.1) is 11.5 Å². The van der Waals surface area contributed by atoms with E-state index < -0.39 is 11.5 Å². The lowest BCUT2D eigenvalue weighted by Crippen LogP contribution is -2.56. The molecular formula is C20H30O2. The fourth-order valence-electron chi connectivity index (χ4n) is 6.59. The molecule has 0 bridgehead atoms. The minimum absolute atomic E-state index is 0.281. The van der Waals surface area contributed by atoms with E-state index in [1.807, 2.05) is 0 Å². The van der Waals surface area contributed by atoms with Gasteiger partial charge in [-0.05, 0) is 74.5 Å². The molecule has 3 saturated carbocycles. The Balaban J connectivity index is 1.73. The summed E-state index contributed by atoms with van der Waals surface area (Å²) in [7, 11) is 0. The first-order valence-corrected chi connectivity index (χ1v) is 9.28. The number of carbonyl (C=O) groups excluding carboxylic acids is 1. The molecule has 2 nitrogen and oxygen atoms in total. The number of rotatable bonds is 0. The zero-order valence-corrected chi connectivity index (χ0v) is 14.3. The van der Waals surface area contributed by atoms with Gasteiger partial charge in [0.15, 0.2) is 0 Å². The minimum atomic E-state index is -0.454. The van der Waals surface area contributed by atoms with Crippen LogP contribution in [0.15, 0.2) is 11.6 Å². The number of aliphatic hydroxyl groups excluding tert-OH is 1. The summed E-state index contributed by atoms with van der Waals surface area (Å²) in [5, 5.41) is 10.9. The molecule has 4 aliphatic rings. The van der Waals surface area contributed by atoms with Gasteiger partial charge in [0, 0.05) is 6.42 Å². The number of Topliss-reactive ketones (excluding diaryl/α,β-unsaturated/α-hetero) is 1. The molecule has 0 heterocycles. The Hall–Kier alpha value is -0.630. The Morgan fingerprint density at radius 1 is 1.23 bits per heavy atom. The first kappa shape index (κ1) is 14.9. The molecule has 0 amide bonds. The molecule has 0 aromatic carbocycles. The zero-order valence-electron chi connectivity index (χ0n) is 14.3. The van der Waals surface area contributed by atoms with Crippen molar-refractivity contribution in [3.8, 4) is 0 Å². The van der Waals surface area contributed by atoms with Crippen LogP contribution in [0.2, 0.25) is 0 Å². The van der Waals surface area contributed by atoms with Gasteiger partial charge in [-0.2, -0.15) is 0 Å². The summed E-state index contributed by atoms with van der Waals surface area (Å²) in [6.07, 6.45) is 9.60. The average Bonchev–Trinajstić information content (AvgIpc) is 2.79. The molecule has 0 radical (unpaired) electrons. The number of allylic oxidation sites excluding steroid dienone is 2. The quantitative estimate of drug-likeness (QED) is 0.683. The Morgan fingerprint density at radius 2 is 2.00 bits per heavy atom. The second-order valence-electron chi connectivity index (χ2n) is 9.10. The van der Waals surface area contributed by atoms with Crippen molar-refractivity contribution in [2.24, 2.45) is 34.5 Å². The van der Waals surface area contributed by atoms with Gasteiger partial charge >= 0.3 is 0 Å². The van der Waals surface area contributed by atoms with Gasteiger partial charge in [-0.25, -0.2) is 0 Å². The third-order valence-electron chi connectivity index (χ3n) is 8.17. The molecule has 0 saturated heterocycles. The van der Waals surface area contributed by atoms with E-state index in [1.165, 1.54) is 19.3 Å². The maximum Gasteiger partial charge on any atom is 0.141 e. The molecule has 22 heavy (non-hydrogen) atoms. The van der Waals surface area contributed by atoms with Gasteiger partial charge in [-0.15, -0.1) is 0 Å². The van der Waals surface area contributed by atoms with Gasteiger partial charge in [-0.1, -0.05) is 25.5 Å². The SMILES string of the molecule is C[C@H]1CC[C@@]2(C)C(=CC[C@H]3[C@@H]4CCC(=O)[C@@]4(C)[C@H](O)C[C@@H]32)C1. The minimum Gasteiger partial charge on any atom is -0.392 e. The van der Waals surface area contributed by atoms with Crippen LogP contribution in [0.1, 0.15) is 65.7 Å². The first-order valence-electron chi connectivity index (χ1n) is 9.28. The highest BCUT2D eigenvalue weighted by molar-refractivity contribution is 5.87. The first-order chi connectivity index (χ1) is 10.4. The molecule has 2 heteroatoms. The monoisotopic (exact) mass is 302 g/mol. The van der Waals surface area contributed by atoms with E-state index in [4.69, 9.17) is 0 Å². The molecule has 4 aliphatic carbocycles. The zero-order chi connectivity index (χ0) is 15.7. The van der Waals surface area contributed by atoms with E-state index >= 15 is 0 Å². The van der Waals surface area contributed by atoms with Crippen molar-refractivity contribution in [2.45, 2.75) is 71.8 Å². The fourth-order valence-corrected chi connectivity index (χ4v) is 6.59. The number of carbonyl (C=O) groups is 1. The van der Waals surface area contributed by atoms with Crippen molar-refractivity contribution in [1.29, 1.82) is 0 Å². The normalized spacial score (nSPS) is 54.3. The number of fused-ring (bicyclic) bond motifs is 5. The Kier molecular flexibility index (Phi) is 3.18. The van der Waals surface area contributed by atoms with Crippen molar-refractivity contribution in [3.63, 3.8) is 0 Å². The largest absolute Gasteiger partial charge is 0.392 e. The van der Waals surface area contributed by atoms with E-state index in [9.17, 15) is 9.90 Å². The lowest BCUT2D eigenvalue weighted by molar-refractivity contribution is -0.149. The van der Waals surface area contributed by atoms with Crippen molar-refractivity contribution in [2.75, 3.05) is 0 Å². The van der Waals surface area contributed by atoms with Crippen LogP contribution in [0.25, 0.3) is 0 Å².